The maximum Gasteiger partial charge on any atom is 0.319 e. The Balaban J connectivity index is 1.15. The van der Waals surface area contributed by atoms with Crippen LogP contribution in [-0.2, 0) is 12.8 Å². The molecular formula is C29H33N3O2S. The van der Waals surface area contributed by atoms with Crippen LogP contribution in [0.25, 0.3) is 10.4 Å². The van der Waals surface area contributed by atoms with Crippen LogP contribution >= 0.6 is 11.3 Å². The van der Waals surface area contributed by atoms with Crippen molar-refractivity contribution in [2.45, 2.75) is 38.5 Å². The van der Waals surface area contributed by atoms with Crippen molar-refractivity contribution >= 4 is 28.8 Å². The fourth-order valence-corrected chi connectivity index (χ4v) is 5.95. The predicted octanol–water partition coefficient (Wildman–Crippen LogP) is 5.89. The number of likely N-dealkylation sites (tertiary alicyclic amines) is 2. The second-order valence-corrected chi connectivity index (χ2v) is 10.7. The number of carbonyl (C=O) groups is 2. The summed E-state index contributed by atoms with van der Waals surface area (Å²) >= 11 is 1.68. The number of benzene rings is 2. The van der Waals surface area contributed by atoms with E-state index in [9.17, 15) is 9.59 Å². The lowest BCUT2D eigenvalue weighted by Crippen LogP contribution is -2.45. The van der Waals surface area contributed by atoms with Crippen molar-refractivity contribution in [3.8, 4) is 10.4 Å². The van der Waals surface area contributed by atoms with Crippen molar-refractivity contribution in [2.75, 3.05) is 31.9 Å². The molecule has 2 saturated heterocycles. The summed E-state index contributed by atoms with van der Waals surface area (Å²) in [6, 6.07) is 18.3. The average Bonchev–Trinajstić information content (AvgIpc) is 3.61. The molecule has 2 aromatic carbocycles. The number of hydrogen-bond donors (Lipinski definition) is 1. The van der Waals surface area contributed by atoms with Gasteiger partial charge in [-0.15, -0.1) is 11.3 Å². The molecule has 0 saturated carbocycles. The summed E-state index contributed by atoms with van der Waals surface area (Å²) in [5, 5.41) is 2.05. The van der Waals surface area contributed by atoms with E-state index in [1.807, 2.05) is 46.2 Å². The number of piperidine rings is 1. The quantitative estimate of drug-likeness (QED) is 0.348. The lowest BCUT2D eigenvalue weighted by Gasteiger charge is -2.34. The monoisotopic (exact) mass is 487 g/mol. The maximum atomic E-state index is 13.0. The van der Waals surface area contributed by atoms with Crippen LogP contribution in [0, 0.1) is 5.92 Å². The average molecular weight is 488 g/mol. The van der Waals surface area contributed by atoms with Gasteiger partial charge in [-0.25, -0.2) is 4.79 Å². The second-order valence-electron chi connectivity index (χ2n) is 9.80. The summed E-state index contributed by atoms with van der Waals surface area (Å²) in [7, 11) is 0. The highest BCUT2D eigenvalue weighted by atomic mass is 32.1. The molecule has 0 atom stereocenters. The van der Waals surface area contributed by atoms with E-state index in [1.165, 1.54) is 10.4 Å². The van der Waals surface area contributed by atoms with Gasteiger partial charge in [0.1, 0.15) is 0 Å². The van der Waals surface area contributed by atoms with E-state index in [2.05, 4.69) is 23.6 Å². The number of nitrogen functional groups attached to an aromatic ring is 1. The molecule has 2 N–H and O–H groups in total. The molecule has 2 amide bonds. The third-order valence-corrected chi connectivity index (χ3v) is 8.28. The Hall–Kier alpha value is -3.12. The van der Waals surface area contributed by atoms with Crippen molar-refractivity contribution in [1.29, 1.82) is 0 Å². The van der Waals surface area contributed by atoms with Crippen molar-refractivity contribution in [3.05, 3.63) is 76.7 Å². The molecule has 0 aliphatic carbocycles. The van der Waals surface area contributed by atoms with E-state index in [-0.39, 0.29) is 11.8 Å². The topological polar surface area (TPSA) is 66.6 Å². The number of thiophene rings is 1. The van der Waals surface area contributed by atoms with Gasteiger partial charge in [0.2, 0.25) is 0 Å². The summed E-state index contributed by atoms with van der Waals surface area (Å²) in [5.74, 6) is 0.666. The fraction of sp³-hybridized carbons (Fsp3) is 0.379. The number of carbonyl (C=O) groups excluding carboxylic acids is 2. The van der Waals surface area contributed by atoms with Crippen molar-refractivity contribution in [3.63, 3.8) is 0 Å². The first-order valence-corrected chi connectivity index (χ1v) is 13.5. The minimum Gasteiger partial charge on any atom is -0.398 e. The minimum atomic E-state index is 0.0836. The number of amides is 2. The molecule has 1 aromatic heterocycles. The molecule has 2 aliphatic heterocycles. The Labute approximate surface area is 211 Å². The van der Waals surface area contributed by atoms with Gasteiger partial charge in [0, 0.05) is 48.7 Å². The van der Waals surface area contributed by atoms with Gasteiger partial charge in [0.15, 0.2) is 5.78 Å². The third kappa shape index (κ3) is 5.59. The second kappa shape index (κ2) is 10.6. The number of hydrogen-bond acceptors (Lipinski definition) is 4. The number of nitrogens with two attached hydrogens (primary N) is 1. The number of rotatable bonds is 6. The standard InChI is InChI=1S/C29H33N3O2S/c30-26-10-9-24(28-4-3-17-35-28)19-25(26)20-27(33)23-7-5-21(6-8-23)18-22-11-15-32(16-12-22)29(34)31-13-1-2-14-31/h3-10,17,19,22H,1-2,11-16,18,20,30H2. The molecule has 2 fully saturated rings. The van der Waals surface area contributed by atoms with Crippen LogP contribution in [-0.4, -0.2) is 47.8 Å². The minimum absolute atomic E-state index is 0.0836. The Bertz CT molecular complexity index is 1160. The van der Waals surface area contributed by atoms with Gasteiger partial charge in [-0.3, -0.25) is 4.79 Å². The predicted molar refractivity (Wildman–Crippen MR) is 143 cm³/mol. The van der Waals surface area contributed by atoms with Gasteiger partial charge in [0.05, 0.1) is 0 Å². The largest absolute Gasteiger partial charge is 0.398 e. The Morgan fingerprint density at radius 3 is 2.31 bits per heavy atom. The molecule has 0 radical (unpaired) electrons. The first-order valence-electron chi connectivity index (χ1n) is 12.6. The molecule has 2 aliphatic rings. The molecule has 5 rings (SSSR count). The van der Waals surface area contributed by atoms with Gasteiger partial charge >= 0.3 is 6.03 Å². The summed E-state index contributed by atoms with van der Waals surface area (Å²) in [6.07, 6.45) is 5.65. The van der Waals surface area contributed by atoms with Crippen LogP contribution in [0.4, 0.5) is 10.5 Å². The zero-order valence-electron chi connectivity index (χ0n) is 20.1. The molecule has 3 aromatic rings. The number of ketones is 1. The van der Waals surface area contributed by atoms with Crippen LogP contribution in [0.15, 0.2) is 60.0 Å². The molecule has 5 nitrogen and oxygen atoms in total. The zero-order chi connectivity index (χ0) is 24.2. The summed E-state index contributed by atoms with van der Waals surface area (Å²) in [5.41, 5.74) is 10.8. The van der Waals surface area contributed by atoms with E-state index in [0.717, 1.165) is 75.0 Å². The first kappa shape index (κ1) is 23.6. The van der Waals surface area contributed by atoms with E-state index >= 15 is 0 Å². The van der Waals surface area contributed by atoms with Gasteiger partial charge in [-0.05, 0) is 78.3 Å². The lowest BCUT2D eigenvalue weighted by atomic mass is 9.89. The van der Waals surface area contributed by atoms with E-state index in [4.69, 9.17) is 5.73 Å². The molecular weight excluding hydrogens is 454 g/mol. The smallest absolute Gasteiger partial charge is 0.319 e. The lowest BCUT2D eigenvalue weighted by molar-refractivity contribution is 0.0993. The Morgan fingerprint density at radius 2 is 1.63 bits per heavy atom. The summed E-state index contributed by atoms with van der Waals surface area (Å²) < 4.78 is 0. The molecule has 6 heteroatoms. The van der Waals surface area contributed by atoms with Crippen LogP contribution in [0.1, 0.15) is 47.2 Å². The number of Topliss-reactive ketones (excluding diaryl/α,β-unsaturated/α-hetero) is 1. The van der Waals surface area contributed by atoms with Crippen LogP contribution in [0.3, 0.4) is 0 Å². The SMILES string of the molecule is Nc1ccc(-c2cccs2)cc1CC(=O)c1ccc(CC2CCN(C(=O)N3CCCC3)CC2)cc1. The molecule has 0 unspecified atom stereocenters. The fourth-order valence-electron chi connectivity index (χ4n) is 5.23. The Kier molecular flexibility index (Phi) is 7.19. The molecule has 35 heavy (non-hydrogen) atoms. The normalized spacial score (nSPS) is 16.6. The first-order chi connectivity index (χ1) is 17.1. The van der Waals surface area contributed by atoms with Crippen molar-refractivity contribution in [2.24, 2.45) is 5.92 Å². The number of urea groups is 1. The molecule has 0 spiro atoms. The molecule has 182 valence electrons. The van der Waals surface area contributed by atoms with Gasteiger partial charge in [-0.2, -0.15) is 0 Å². The maximum absolute atomic E-state index is 13.0. The van der Waals surface area contributed by atoms with Crippen molar-refractivity contribution < 1.29 is 9.59 Å². The number of anilines is 1. The van der Waals surface area contributed by atoms with Gasteiger partial charge < -0.3 is 15.5 Å². The molecule has 0 bridgehead atoms. The van der Waals surface area contributed by atoms with Crippen LogP contribution in [0.5, 0.6) is 0 Å². The van der Waals surface area contributed by atoms with E-state index < -0.39 is 0 Å². The highest BCUT2D eigenvalue weighted by Crippen LogP contribution is 2.29. The summed E-state index contributed by atoms with van der Waals surface area (Å²) in [4.78, 5) is 30.8. The van der Waals surface area contributed by atoms with E-state index in [0.29, 0.717) is 18.0 Å². The highest BCUT2D eigenvalue weighted by molar-refractivity contribution is 7.13. The molecule has 3 heterocycles. The number of nitrogens with zero attached hydrogens (tertiary/aromatic N) is 2. The van der Waals surface area contributed by atoms with Gasteiger partial charge in [0.25, 0.3) is 0 Å². The van der Waals surface area contributed by atoms with Gasteiger partial charge in [-0.1, -0.05) is 36.4 Å². The van der Waals surface area contributed by atoms with Crippen molar-refractivity contribution in [1.82, 2.24) is 9.80 Å². The Morgan fingerprint density at radius 1 is 0.914 bits per heavy atom. The highest BCUT2D eigenvalue weighted by Gasteiger charge is 2.27. The van der Waals surface area contributed by atoms with Crippen LogP contribution in [0.2, 0.25) is 0 Å². The summed E-state index contributed by atoms with van der Waals surface area (Å²) in [6.45, 7) is 3.53. The third-order valence-electron chi connectivity index (χ3n) is 7.36. The van der Waals surface area contributed by atoms with E-state index in [1.54, 1.807) is 11.3 Å². The van der Waals surface area contributed by atoms with Crippen LogP contribution < -0.4 is 5.73 Å². The zero-order valence-corrected chi connectivity index (χ0v) is 20.9.